The highest BCUT2D eigenvalue weighted by atomic mass is 16.2. The zero-order chi connectivity index (χ0) is 14.6. The fraction of sp³-hybridized carbons (Fsp3) is 0.615. The summed E-state index contributed by atoms with van der Waals surface area (Å²) in [5, 5.41) is 2.85. The molecule has 0 atom stereocenters. The summed E-state index contributed by atoms with van der Waals surface area (Å²) in [6.07, 6.45) is 3.20. The number of anilines is 1. The fourth-order valence-corrected chi connectivity index (χ4v) is 1.69. The highest BCUT2D eigenvalue weighted by Gasteiger charge is 2.17. The van der Waals surface area contributed by atoms with Gasteiger partial charge < -0.3 is 14.8 Å². The van der Waals surface area contributed by atoms with Gasteiger partial charge in [0, 0.05) is 31.5 Å². The number of hydrogen-bond acceptors (Lipinski definition) is 4. The van der Waals surface area contributed by atoms with E-state index in [1.54, 1.807) is 28.9 Å². The van der Waals surface area contributed by atoms with Crippen molar-refractivity contribution in [1.82, 2.24) is 14.9 Å². The highest BCUT2D eigenvalue weighted by Crippen LogP contribution is 2.02. The second-order valence-corrected chi connectivity index (χ2v) is 5.50. The van der Waals surface area contributed by atoms with Crippen LogP contribution in [-0.4, -0.2) is 34.6 Å². The molecule has 1 aromatic rings. The largest absolute Gasteiger partial charge is 0.350 e. The Morgan fingerprint density at radius 1 is 1.47 bits per heavy atom. The van der Waals surface area contributed by atoms with Crippen LogP contribution in [-0.2, 0) is 11.3 Å². The van der Waals surface area contributed by atoms with Crippen molar-refractivity contribution in [1.29, 1.82) is 0 Å². The average molecular weight is 266 g/mol. The summed E-state index contributed by atoms with van der Waals surface area (Å²) in [5.74, 6) is 0.150. The van der Waals surface area contributed by atoms with Crippen LogP contribution in [0.25, 0.3) is 0 Å². The van der Waals surface area contributed by atoms with Crippen LogP contribution in [0, 0.1) is 0 Å². The zero-order valence-corrected chi connectivity index (χ0v) is 12.2. The number of amides is 1. The van der Waals surface area contributed by atoms with E-state index < -0.39 is 0 Å². The van der Waals surface area contributed by atoms with E-state index in [0.29, 0.717) is 6.54 Å². The number of carbonyl (C=O) groups excluding carboxylic acids is 1. The molecule has 6 nitrogen and oxygen atoms in total. The Bertz CT molecular complexity index is 502. The molecule has 0 fully saturated rings. The van der Waals surface area contributed by atoms with Crippen molar-refractivity contribution in [3.63, 3.8) is 0 Å². The Morgan fingerprint density at radius 2 is 2.11 bits per heavy atom. The molecule has 1 rings (SSSR count). The van der Waals surface area contributed by atoms with Crippen molar-refractivity contribution in [2.45, 2.75) is 39.8 Å². The molecular formula is C13H22N4O2. The second kappa shape index (κ2) is 5.86. The van der Waals surface area contributed by atoms with Gasteiger partial charge in [-0.2, -0.15) is 0 Å². The topological polar surface area (TPSA) is 67.2 Å². The maximum atomic E-state index is 12.0. The van der Waals surface area contributed by atoms with Gasteiger partial charge in [-0.3, -0.25) is 9.59 Å². The predicted octanol–water partition coefficient (Wildman–Crippen LogP) is 0.614. The lowest BCUT2D eigenvalue weighted by Gasteiger charge is -2.23. The van der Waals surface area contributed by atoms with E-state index in [1.807, 2.05) is 27.7 Å². The van der Waals surface area contributed by atoms with Gasteiger partial charge in [0.05, 0.1) is 6.54 Å². The van der Waals surface area contributed by atoms with Crippen molar-refractivity contribution in [3.8, 4) is 0 Å². The molecule has 1 aromatic heterocycles. The third-order valence-corrected chi connectivity index (χ3v) is 2.49. The van der Waals surface area contributed by atoms with E-state index >= 15 is 0 Å². The van der Waals surface area contributed by atoms with Gasteiger partial charge in [-0.05, 0) is 27.7 Å². The standard InChI is InChI=1S/C13H22N4O2/c1-6-17-8-7-14-11(12(17)19)16(5)9-10(18)15-13(2,3)4/h7-8H,6,9H2,1-5H3,(H,15,18). The van der Waals surface area contributed by atoms with E-state index in [2.05, 4.69) is 10.3 Å². The lowest BCUT2D eigenvalue weighted by molar-refractivity contribution is -0.121. The van der Waals surface area contributed by atoms with Crippen molar-refractivity contribution < 1.29 is 4.79 Å². The first-order chi connectivity index (χ1) is 8.74. The fourth-order valence-electron chi connectivity index (χ4n) is 1.69. The third kappa shape index (κ3) is 4.39. The van der Waals surface area contributed by atoms with Crippen LogP contribution < -0.4 is 15.8 Å². The van der Waals surface area contributed by atoms with E-state index in [9.17, 15) is 9.59 Å². The third-order valence-electron chi connectivity index (χ3n) is 2.49. The quantitative estimate of drug-likeness (QED) is 0.867. The van der Waals surface area contributed by atoms with Gasteiger partial charge in [0.2, 0.25) is 5.91 Å². The zero-order valence-electron chi connectivity index (χ0n) is 12.2. The first-order valence-electron chi connectivity index (χ1n) is 6.32. The van der Waals surface area contributed by atoms with E-state index in [4.69, 9.17) is 0 Å². The van der Waals surface area contributed by atoms with Crippen molar-refractivity contribution in [2.24, 2.45) is 0 Å². The maximum Gasteiger partial charge on any atom is 0.293 e. The molecule has 1 amide bonds. The van der Waals surface area contributed by atoms with Crippen molar-refractivity contribution >= 4 is 11.7 Å². The summed E-state index contributed by atoms with van der Waals surface area (Å²) in [6, 6.07) is 0. The summed E-state index contributed by atoms with van der Waals surface area (Å²) in [5.41, 5.74) is -0.470. The molecule has 0 saturated heterocycles. The summed E-state index contributed by atoms with van der Waals surface area (Å²) in [4.78, 5) is 29.5. The Balaban J connectivity index is 2.82. The maximum absolute atomic E-state index is 12.0. The van der Waals surface area contributed by atoms with Crippen molar-refractivity contribution in [3.05, 3.63) is 22.7 Å². The van der Waals surface area contributed by atoms with E-state index in [1.165, 1.54) is 0 Å². The van der Waals surface area contributed by atoms with Crippen LogP contribution in [0.5, 0.6) is 0 Å². The molecular weight excluding hydrogens is 244 g/mol. The number of aromatic nitrogens is 2. The van der Waals surface area contributed by atoms with Gasteiger partial charge in [-0.1, -0.05) is 0 Å². The molecule has 0 aliphatic carbocycles. The number of carbonyl (C=O) groups is 1. The minimum Gasteiger partial charge on any atom is -0.350 e. The van der Waals surface area contributed by atoms with E-state index in [0.717, 1.165) is 0 Å². The molecule has 0 saturated carbocycles. The molecule has 0 bridgehead atoms. The number of likely N-dealkylation sites (N-methyl/N-ethyl adjacent to an activating group) is 1. The van der Waals surface area contributed by atoms with Crippen LogP contribution in [0.2, 0.25) is 0 Å². The molecule has 19 heavy (non-hydrogen) atoms. The molecule has 1 N–H and O–H groups in total. The minimum absolute atomic E-state index is 0.104. The predicted molar refractivity (Wildman–Crippen MR) is 75.3 cm³/mol. The monoisotopic (exact) mass is 266 g/mol. The number of nitrogens with zero attached hydrogens (tertiary/aromatic N) is 3. The van der Waals surface area contributed by atoms with Crippen LogP contribution in [0.15, 0.2) is 17.2 Å². The Labute approximate surface area is 113 Å². The summed E-state index contributed by atoms with van der Waals surface area (Å²) in [6.45, 7) is 8.31. The molecule has 6 heteroatoms. The van der Waals surface area contributed by atoms with Crippen molar-refractivity contribution in [2.75, 3.05) is 18.5 Å². The molecule has 106 valence electrons. The molecule has 0 aliphatic rings. The first kappa shape index (κ1) is 15.2. The summed E-state index contributed by atoms with van der Waals surface area (Å²) < 4.78 is 1.56. The smallest absolute Gasteiger partial charge is 0.293 e. The van der Waals surface area contributed by atoms with E-state index in [-0.39, 0.29) is 29.4 Å². The van der Waals surface area contributed by atoms with Gasteiger partial charge in [0.1, 0.15) is 0 Å². The highest BCUT2D eigenvalue weighted by molar-refractivity contribution is 5.81. The van der Waals surface area contributed by atoms with Gasteiger partial charge in [0.15, 0.2) is 5.82 Å². The summed E-state index contributed by atoms with van der Waals surface area (Å²) >= 11 is 0. The van der Waals surface area contributed by atoms with Crippen LogP contribution in [0.3, 0.4) is 0 Å². The first-order valence-corrected chi connectivity index (χ1v) is 6.32. The van der Waals surface area contributed by atoms with Gasteiger partial charge in [-0.15, -0.1) is 0 Å². The second-order valence-electron chi connectivity index (χ2n) is 5.50. The van der Waals surface area contributed by atoms with Crippen LogP contribution in [0.1, 0.15) is 27.7 Å². The van der Waals surface area contributed by atoms with Crippen LogP contribution in [0.4, 0.5) is 5.82 Å². The normalized spacial score (nSPS) is 11.2. The number of hydrogen-bond donors (Lipinski definition) is 1. The SMILES string of the molecule is CCn1ccnc(N(C)CC(=O)NC(C)(C)C)c1=O. The Morgan fingerprint density at radius 3 is 2.63 bits per heavy atom. The number of rotatable bonds is 4. The molecule has 0 aromatic carbocycles. The molecule has 1 heterocycles. The lowest BCUT2D eigenvalue weighted by Crippen LogP contribution is -2.46. The summed E-state index contributed by atoms with van der Waals surface area (Å²) in [7, 11) is 1.69. The minimum atomic E-state index is -0.286. The van der Waals surface area contributed by atoms with Crippen LogP contribution >= 0.6 is 0 Å². The molecule has 0 radical (unpaired) electrons. The lowest BCUT2D eigenvalue weighted by atomic mass is 10.1. The molecule has 0 aliphatic heterocycles. The van der Waals surface area contributed by atoms with Gasteiger partial charge >= 0.3 is 0 Å². The Hall–Kier alpha value is -1.85. The molecule has 0 spiro atoms. The Kier molecular flexibility index (Phi) is 4.69. The molecule has 0 unspecified atom stereocenters. The number of aryl methyl sites for hydroxylation is 1. The van der Waals surface area contributed by atoms with Gasteiger partial charge in [0.25, 0.3) is 5.56 Å². The average Bonchev–Trinajstić information content (AvgIpc) is 2.26. The van der Waals surface area contributed by atoms with Gasteiger partial charge in [-0.25, -0.2) is 4.98 Å². The number of nitrogens with one attached hydrogen (secondary N) is 1.